The van der Waals surface area contributed by atoms with Gasteiger partial charge in [-0.1, -0.05) is 33.3 Å². The van der Waals surface area contributed by atoms with Gasteiger partial charge in [0.25, 0.3) is 0 Å². The Morgan fingerprint density at radius 2 is 1.98 bits per heavy atom. The molecule has 0 radical (unpaired) electrons. The summed E-state index contributed by atoms with van der Waals surface area (Å²) in [5.74, 6) is 7.55. The Hall–Kier alpha value is -3.80. The summed E-state index contributed by atoms with van der Waals surface area (Å²) >= 11 is 0. The molecule has 1 amide bonds. The predicted molar refractivity (Wildman–Crippen MR) is 160 cm³/mol. The Morgan fingerprint density at radius 1 is 1.17 bits per heavy atom. The van der Waals surface area contributed by atoms with E-state index in [1.807, 2.05) is 43.9 Å². The summed E-state index contributed by atoms with van der Waals surface area (Å²) in [6.07, 6.45) is 5.03. The molecule has 0 spiro atoms. The molecule has 3 heterocycles. The van der Waals surface area contributed by atoms with E-state index in [4.69, 9.17) is 24.2 Å². The summed E-state index contributed by atoms with van der Waals surface area (Å²) in [4.78, 5) is 37.8. The third-order valence-corrected chi connectivity index (χ3v) is 8.62. The maximum absolute atomic E-state index is 13.0. The van der Waals surface area contributed by atoms with Gasteiger partial charge in [0.05, 0.1) is 37.0 Å². The zero-order chi connectivity index (χ0) is 30.0. The van der Waals surface area contributed by atoms with Gasteiger partial charge < -0.3 is 24.4 Å². The van der Waals surface area contributed by atoms with E-state index in [-0.39, 0.29) is 23.4 Å². The second kappa shape index (κ2) is 12.2. The van der Waals surface area contributed by atoms with Gasteiger partial charge in [-0.05, 0) is 73.8 Å². The molecular formula is C33H42N4O5. The van der Waals surface area contributed by atoms with Gasteiger partial charge in [0.2, 0.25) is 0 Å². The predicted octanol–water partition coefficient (Wildman–Crippen LogP) is 5.01. The average molecular weight is 575 g/mol. The highest BCUT2D eigenvalue weighted by atomic mass is 16.6. The van der Waals surface area contributed by atoms with Crippen molar-refractivity contribution in [2.75, 3.05) is 20.8 Å². The maximum atomic E-state index is 13.0. The van der Waals surface area contributed by atoms with Crippen LogP contribution in [-0.2, 0) is 20.7 Å². The molecule has 3 aliphatic rings. The minimum absolute atomic E-state index is 0.0807. The van der Waals surface area contributed by atoms with Crippen molar-refractivity contribution >= 4 is 23.1 Å². The monoisotopic (exact) mass is 574 g/mol. The quantitative estimate of drug-likeness (QED) is 0.394. The van der Waals surface area contributed by atoms with Crippen molar-refractivity contribution in [3.05, 3.63) is 41.9 Å². The van der Waals surface area contributed by atoms with Crippen LogP contribution < -0.4 is 10.1 Å². The average Bonchev–Trinajstić information content (AvgIpc) is 3.54. The third-order valence-electron chi connectivity index (χ3n) is 8.62. The van der Waals surface area contributed by atoms with Gasteiger partial charge in [-0.25, -0.2) is 19.6 Å². The summed E-state index contributed by atoms with van der Waals surface area (Å²) in [5.41, 5.74) is 3.43. The van der Waals surface area contributed by atoms with Crippen molar-refractivity contribution in [1.82, 2.24) is 20.2 Å². The van der Waals surface area contributed by atoms with Crippen LogP contribution in [-0.4, -0.2) is 65.9 Å². The second-order valence-electron chi connectivity index (χ2n) is 12.8. The Kier molecular flexibility index (Phi) is 8.63. The highest BCUT2D eigenvalue weighted by molar-refractivity contribution is 5.77. The van der Waals surface area contributed by atoms with Crippen molar-refractivity contribution in [2.45, 2.75) is 83.9 Å². The fourth-order valence-corrected chi connectivity index (χ4v) is 6.14. The lowest BCUT2D eigenvalue weighted by Crippen LogP contribution is -2.51. The molecule has 2 aromatic rings. The van der Waals surface area contributed by atoms with E-state index in [0.717, 1.165) is 54.6 Å². The van der Waals surface area contributed by atoms with Gasteiger partial charge in [0.1, 0.15) is 23.6 Å². The molecule has 2 fully saturated rings. The number of methoxy groups -OCH3 is 2. The smallest absolute Gasteiger partial charge is 0.407 e. The van der Waals surface area contributed by atoms with Gasteiger partial charge in [-0.3, -0.25) is 0 Å². The topological polar surface area (TPSA) is 103 Å². The lowest BCUT2D eigenvalue weighted by molar-refractivity contribution is -0.145. The van der Waals surface area contributed by atoms with E-state index < -0.39 is 18.2 Å². The largest absolute Gasteiger partial charge is 0.497 e. The number of aromatic nitrogens is 2. The van der Waals surface area contributed by atoms with E-state index in [9.17, 15) is 9.59 Å². The fourth-order valence-electron chi connectivity index (χ4n) is 6.14. The first-order valence-corrected chi connectivity index (χ1v) is 14.9. The Balaban J connectivity index is 1.47. The fraction of sp³-hybridized carbons (Fsp3) is 0.576. The molecule has 1 saturated heterocycles. The van der Waals surface area contributed by atoms with Crippen molar-refractivity contribution in [3.8, 4) is 17.6 Å². The van der Waals surface area contributed by atoms with E-state index in [2.05, 4.69) is 23.7 Å². The Morgan fingerprint density at radius 3 is 2.71 bits per heavy atom. The third kappa shape index (κ3) is 6.64. The summed E-state index contributed by atoms with van der Waals surface area (Å²) in [6.45, 7) is 11.2. The lowest BCUT2D eigenvalue weighted by atomic mass is 9.84. The number of ether oxygens (including phenoxy) is 3. The van der Waals surface area contributed by atoms with Crippen LogP contribution in [0.5, 0.6) is 5.75 Å². The molecule has 1 aliphatic carbocycles. The molecule has 1 saturated carbocycles. The zero-order valence-corrected chi connectivity index (χ0v) is 25.4. The van der Waals surface area contributed by atoms with Crippen LogP contribution in [0.1, 0.15) is 70.7 Å². The molecule has 5 atom stereocenters. The van der Waals surface area contributed by atoms with E-state index in [1.54, 1.807) is 7.11 Å². The number of carbonyl (C=O) groups excluding carboxylic acids is 2. The number of alkyl carbamates (subject to hydrolysis) is 1. The molecule has 224 valence electrons. The zero-order valence-electron chi connectivity index (χ0n) is 25.4. The first-order chi connectivity index (χ1) is 20.1. The van der Waals surface area contributed by atoms with E-state index in [0.29, 0.717) is 36.7 Å². The minimum atomic E-state index is -0.486. The first kappa shape index (κ1) is 29.7. The van der Waals surface area contributed by atoms with Gasteiger partial charge in [-0.2, -0.15) is 0 Å². The minimum Gasteiger partial charge on any atom is -0.497 e. The summed E-state index contributed by atoms with van der Waals surface area (Å²) in [5, 5.41) is 3.07. The number of hydrogen-bond acceptors (Lipinski definition) is 8. The van der Waals surface area contributed by atoms with Crippen LogP contribution in [0, 0.1) is 29.1 Å². The summed E-state index contributed by atoms with van der Waals surface area (Å²) in [7, 11) is 3.05. The van der Waals surface area contributed by atoms with E-state index >= 15 is 0 Å². The lowest BCUT2D eigenvalue weighted by Gasteiger charge is -2.38. The number of carbonyl (C=O) groups is 2. The number of esters is 1. The van der Waals surface area contributed by atoms with Crippen LogP contribution in [0.2, 0.25) is 0 Å². The van der Waals surface area contributed by atoms with Crippen molar-refractivity contribution < 1.29 is 23.8 Å². The number of nitrogens with zero attached hydrogens (tertiary/aromatic N) is 3. The molecule has 5 rings (SSSR count). The van der Waals surface area contributed by atoms with Crippen molar-refractivity contribution in [3.63, 3.8) is 0 Å². The van der Waals surface area contributed by atoms with Crippen LogP contribution in [0.3, 0.4) is 0 Å². The normalized spacial score (nSPS) is 26.7. The molecule has 42 heavy (non-hydrogen) atoms. The summed E-state index contributed by atoms with van der Waals surface area (Å²) < 4.78 is 16.4. The molecule has 9 heteroatoms. The molecule has 2 bridgehead atoms. The van der Waals surface area contributed by atoms with Gasteiger partial charge in [0.15, 0.2) is 0 Å². The molecule has 1 aromatic heterocycles. The SMILES string of the molecule is C=C1[C@H](C(C)(C)C)NC(=O)O[C@@H]2C[C@H]2CCCC#Cc2nc3ccc(OC)cc3nc2CC[C@@H]2C[C@@H](C(=O)OC)N1C2. The molecule has 2 aliphatic heterocycles. The van der Waals surface area contributed by atoms with E-state index in [1.165, 1.54) is 7.11 Å². The number of amides is 1. The van der Waals surface area contributed by atoms with Gasteiger partial charge in [-0.15, -0.1) is 0 Å². The molecule has 1 N–H and O–H groups in total. The summed E-state index contributed by atoms with van der Waals surface area (Å²) in [6, 6.07) is 4.78. The number of benzene rings is 1. The number of nitrogens with one attached hydrogen (secondary N) is 1. The van der Waals surface area contributed by atoms with Gasteiger partial charge >= 0.3 is 12.1 Å². The molecular weight excluding hydrogens is 532 g/mol. The molecule has 1 aromatic carbocycles. The number of fused-ring (bicyclic) bond motifs is 5. The number of aryl methyl sites for hydroxylation is 1. The maximum Gasteiger partial charge on any atom is 0.407 e. The van der Waals surface area contributed by atoms with Crippen LogP contribution in [0.4, 0.5) is 4.79 Å². The van der Waals surface area contributed by atoms with Crippen LogP contribution in [0.25, 0.3) is 11.0 Å². The second-order valence-corrected chi connectivity index (χ2v) is 12.8. The molecule has 9 nitrogen and oxygen atoms in total. The highest BCUT2D eigenvalue weighted by Gasteiger charge is 2.44. The first-order valence-electron chi connectivity index (χ1n) is 14.9. The van der Waals surface area contributed by atoms with Crippen LogP contribution >= 0.6 is 0 Å². The number of rotatable bonds is 2. The standard InChI is InChI=1S/C33H42N4O5/c1-20-30(33(2,3)4)36-32(39)42-29-17-22(29)10-8-7-9-11-24-25(35-27-18-23(40-5)13-15-26(27)34-24)14-12-21-16-28(31(38)41-6)37(20)19-21/h13,15,18,21-22,28-30H,1,7-8,10,12,14,16-17,19H2,2-6H3,(H,36,39)/t21-,22-,28+,29-,30-/m1/s1. The Bertz CT molecular complexity index is 1420. The van der Waals surface area contributed by atoms with Crippen molar-refractivity contribution in [2.24, 2.45) is 17.3 Å². The highest BCUT2D eigenvalue weighted by Crippen LogP contribution is 2.39. The Labute approximate surface area is 248 Å². The van der Waals surface area contributed by atoms with Crippen molar-refractivity contribution in [1.29, 1.82) is 0 Å². The van der Waals surface area contributed by atoms with Gasteiger partial charge in [0, 0.05) is 24.7 Å². The van der Waals surface area contributed by atoms with Crippen LogP contribution in [0.15, 0.2) is 30.5 Å². The number of hydrogen-bond donors (Lipinski definition) is 1. The molecule has 0 unspecified atom stereocenters.